The van der Waals surface area contributed by atoms with Crippen LogP contribution in [0.5, 0.6) is 0 Å². The van der Waals surface area contributed by atoms with Gasteiger partial charge in [0.2, 0.25) is 5.82 Å². The molecule has 0 fully saturated rings. The van der Waals surface area contributed by atoms with Crippen molar-refractivity contribution in [2.24, 2.45) is 0 Å². The van der Waals surface area contributed by atoms with Crippen molar-refractivity contribution in [3.05, 3.63) is 29.8 Å². The van der Waals surface area contributed by atoms with E-state index in [2.05, 4.69) is 9.97 Å². The van der Waals surface area contributed by atoms with Crippen LogP contribution in [-0.2, 0) is 0 Å². The molecule has 12 heavy (non-hydrogen) atoms. The maximum Gasteiger partial charge on any atom is 0.211 e. The number of aromatic amines is 1. The van der Waals surface area contributed by atoms with Gasteiger partial charge in [-0.1, -0.05) is 6.07 Å². The van der Waals surface area contributed by atoms with Gasteiger partial charge in [0.25, 0.3) is 0 Å². The van der Waals surface area contributed by atoms with E-state index in [0.29, 0.717) is 5.52 Å². The van der Waals surface area contributed by atoms with E-state index in [0.717, 1.165) is 0 Å². The molecule has 1 heterocycles. The van der Waals surface area contributed by atoms with Gasteiger partial charge in [-0.15, -0.1) is 0 Å². The number of benzene rings is 1. The zero-order valence-electron chi connectivity index (χ0n) is 6.00. The van der Waals surface area contributed by atoms with Crippen molar-refractivity contribution in [1.29, 1.82) is 5.26 Å². The summed E-state index contributed by atoms with van der Waals surface area (Å²) < 4.78 is 12.9. The fourth-order valence-electron chi connectivity index (χ4n) is 1.05. The van der Waals surface area contributed by atoms with E-state index in [1.54, 1.807) is 12.1 Å². The monoisotopic (exact) mass is 161 g/mol. The Kier molecular flexibility index (Phi) is 1.31. The summed E-state index contributed by atoms with van der Waals surface area (Å²) in [6, 6.07) is 6.36. The van der Waals surface area contributed by atoms with Crippen molar-refractivity contribution < 1.29 is 4.39 Å². The van der Waals surface area contributed by atoms with Gasteiger partial charge in [-0.2, -0.15) is 5.26 Å². The van der Waals surface area contributed by atoms with Crippen LogP contribution in [0.2, 0.25) is 0 Å². The molecular weight excluding hydrogens is 157 g/mol. The molecule has 0 atom stereocenters. The van der Waals surface area contributed by atoms with Crippen LogP contribution in [0, 0.1) is 17.1 Å². The summed E-state index contributed by atoms with van der Waals surface area (Å²) >= 11 is 0. The van der Waals surface area contributed by atoms with Crippen LogP contribution in [0.3, 0.4) is 0 Å². The van der Waals surface area contributed by atoms with E-state index in [1.807, 2.05) is 6.07 Å². The number of hydrogen-bond acceptors (Lipinski definition) is 2. The quantitative estimate of drug-likeness (QED) is 0.637. The summed E-state index contributed by atoms with van der Waals surface area (Å²) in [5.41, 5.74) is 0.764. The number of imidazole rings is 1. The highest BCUT2D eigenvalue weighted by Crippen LogP contribution is 2.13. The number of rotatable bonds is 0. The molecule has 4 heteroatoms. The summed E-state index contributed by atoms with van der Waals surface area (Å²) in [7, 11) is 0. The van der Waals surface area contributed by atoms with Crippen LogP contribution in [0.25, 0.3) is 11.0 Å². The van der Waals surface area contributed by atoms with Crippen molar-refractivity contribution >= 4 is 11.0 Å². The minimum Gasteiger partial charge on any atom is -0.329 e. The van der Waals surface area contributed by atoms with Gasteiger partial charge in [0.15, 0.2) is 5.82 Å². The number of fused-ring (bicyclic) bond motifs is 1. The first kappa shape index (κ1) is 6.80. The topological polar surface area (TPSA) is 52.5 Å². The average Bonchev–Trinajstić information content (AvgIpc) is 2.49. The molecule has 2 aromatic rings. The Balaban J connectivity index is 2.85. The molecule has 1 aromatic carbocycles. The van der Waals surface area contributed by atoms with Crippen LogP contribution < -0.4 is 0 Å². The van der Waals surface area contributed by atoms with Crippen LogP contribution in [0.15, 0.2) is 18.2 Å². The van der Waals surface area contributed by atoms with Gasteiger partial charge in [0.1, 0.15) is 11.6 Å². The molecule has 0 saturated heterocycles. The maximum absolute atomic E-state index is 12.9. The first-order valence-corrected chi connectivity index (χ1v) is 3.35. The number of halogens is 1. The molecule has 0 radical (unpaired) electrons. The highest BCUT2D eigenvalue weighted by molar-refractivity contribution is 5.76. The summed E-state index contributed by atoms with van der Waals surface area (Å²) in [6.07, 6.45) is 0. The summed E-state index contributed by atoms with van der Waals surface area (Å²) in [5.74, 6) is -0.277. The Labute approximate surface area is 67.5 Å². The molecule has 0 amide bonds. The molecule has 58 valence electrons. The Morgan fingerprint density at radius 1 is 1.50 bits per heavy atom. The highest BCUT2D eigenvalue weighted by atomic mass is 19.1. The zero-order valence-corrected chi connectivity index (χ0v) is 6.00. The SMILES string of the molecule is N#Cc1nc2c(F)cccc2[nH]1. The van der Waals surface area contributed by atoms with Gasteiger partial charge in [0.05, 0.1) is 5.52 Å². The molecule has 3 nitrogen and oxygen atoms in total. The Hall–Kier alpha value is -1.89. The largest absolute Gasteiger partial charge is 0.329 e. The summed E-state index contributed by atoms with van der Waals surface area (Å²) in [5, 5.41) is 8.46. The first-order valence-electron chi connectivity index (χ1n) is 3.35. The molecule has 1 N–H and O–H groups in total. The Morgan fingerprint density at radius 3 is 3.00 bits per heavy atom. The van der Waals surface area contributed by atoms with Crippen molar-refractivity contribution in [1.82, 2.24) is 9.97 Å². The lowest BCUT2D eigenvalue weighted by Gasteiger charge is -1.86. The third kappa shape index (κ3) is 0.839. The van der Waals surface area contributed by atoms with E-state index in [1.165, 1.54) is 6.07 Å². The highest BCUT2D eigenvalue weighted by Gasteiger charge is 2.04. The van der Waals surface area contributed by atoms with E-state index in [-0.39, 0.29) is 11.3 Å². The molecule has 0 unspecified atom stereocenters. The predicted molar refractivity (Wildman–Crippen MR) is 40.8 cm³/mol. The molecule has 0 spiro atoms. The molecule has 0 bridgehead atoms. The second kappa shape index (κ2) is 2.31. The Morgan fingerprint density at radius 2 is 2.33 bits per heavy atom. The van der Waals surface area contributed by atoms with E-state index < -0.39 is 5.82 Å². The van der Waals surface area contributed by atoms with Gasteiger partial charge in [0, 0.05) is 0 Å². The molecule has 0 aliphatic rings. The third-order valence-electron chi connectivity index (χ3n) is 1.57. The molecule has 0 aliphatic carbocycles. The summed E-state index contributed by atoms with van der Waals surface area (Å²) in [6.45, 7) is 0. The maximum atomic E-state index is 12.9. The Bertz CT molecular complexity index is 467. The number of aromatic nitrogens is 2. The number of nitriles is 1. The van der Waals surface area contributed by atoms with E-state index in [4.69, 9.17) is 5.26 Å². The van der Waals surface area contributed by atoms with Crippen LogP contribution >= 0.6 is 0 Å². The van der Waals surface area contributed by atoms with E-state index >= 15 is 0 Å². The number of hydrogen-bond donors (Lipinski definition) is 1. The number of nitrogens with zero attached hydrogens (tertiary/aromatic N) is 2. The first-order chi connectivity index (χ1) is 5.81. The molecule has 1 aromatic heterocycles. The lowest BCUT2D eigenvalue weighted by Crippen LogP contribution is -1.75. The third-order valence-corrected chi connectivity index (χ3v) is 1.57. The second-order valence-electron chi connectivity index (χ2n) is 2.33. The minimum absolute atomic E-state index is 0.134. The normalized spacial score (nSPS) is 10.0. The van der Waals surface area contributed by atoms with Gasteiger partial charge in [-0.05, 0) is 12.1 Å². The van der Waals surface area contributed by atoms with Crippen molar-refractivity contribution in [3.8, 4) is 6.07 Å². The average molecular weight is 161 g/mol. The van der Waals surface area contributed by atoms with Crippen LogP contribution in [0.4, 0.5) is 4.39 Å². The smallest absolute Gasteiger partial charge is 0.211 e. The lowest BCUT2D eigenvalue weighted by molar-refractivity contribution is 0.637. The summed E-state index contributed by atoms with van der Waals surface area (Å²) in [4.78, 5) is 6.41. The van der Waals surface area contributed by atoms with Crippen molar-refractivity contribution in [3.63, 3.8) is 0 Å². The zero-order chi connectivity index (χ0) is 8.55. The molecule has 0 aliphatic heterocycles. The fourth-order valence-corrected chi connectivity index (χ4v) is 1.05. The van der Waals surface area contributed by atoms with Gasteiger partial charge in [-0.3, -0.25) is 0 Å². The minimum atomic E-state index is -0.412. The van der Waals surface area contributed by atoms with Gasteiger partial charge >= 0.3 is 0 Å². The van der Waals surface area contributed by atoms with Crippen molar-refractivity contribution in [2.75, 3.05) is 0 Å². The van der Waals surface area contributed by atoms with Crippen LogP contribution in [0.1, 0.15) is 5.82 Å². The molecule has 0 saturated carbocycles. The fraction of sp³-hybridized carbons (Fsp3) is 0. The van der Waals surface area contributed by atoms with Gasteiger partial charge < -0.3 is 4.98 Å². The standard InChI is InChI=1S/C8H4FN3/c9-5-2-1-3-6-8(5)12-7(4-10)11-6/h1-3H,(H,11,12). The molecule has 2 rings (SSSR count). The van der Waals surface area contributed by atoms with Crippen LogP contribution in [-0.4, -0.2) is 9.97 Å². The van der Waals surface area contributed by atoms with Crippen molar-refractivity contribution in [2.45, 2.75) is 0 Å². The number of para-hydroxylation sites is 1. The second-order valence-corrected chi connectivity index (χ2v) is 2.33. The number of H-pyrrole nitrogens is 1. The van der Waals surface area contributed by atoms with Gasteiger partial charge in [-0.25, -0.2) is 9.37 Å². The van der Waals surface area contributed by atoms with E-state index in [9.17, 15) is 4.39 Å². The molecular formula is C8H4FN3. The lowest BCUT2D eigenvalue weighted by atomic mass is 10.3. The predicted octanol–water partition coefficient (Wildman–Crippen LogP) is 1.57. The number of nitrogens with one attached hydrogen (secondary N) is 1.